The molecular formula is C12H8BrFO2S. The normalized spacial score (nSPS) is 10.3. The Morgan fingerprint density at radius 3 is 2.59 bits per heavy atom. The average molecular weight is 315 g/mol. The molecule has 0 aliphatic heterocycles. The minimum absolute atomic E-state index is 0.267. The zero-order chi connectivity index (χ0) is 12.4. The number of benzene rings is 1. The fourth-order valence-electron chi connectivity index (χ4n) is 1.40. The molecule has 1 aromatic heterocycles. The Morgan fingerprint density at radius 2 is 2.00 bits per heavy atom. The van der Waals surface area contributed by atoms with Gasteiger partial charge in [0.15, 0.2) is 5.13 Å². The molecule has 0 aliphatic carbocycles. The second-order valence-electron chi connectivity index (χ2n) is 3.30. The molecule has 2 rings (SSSR count). The molecule has 0 saturated heterocycles. The number of hydrogen-bond donors (Lipinski definition) is 0. The molecule has 0 saturated carbocycles. The molecule has 0 fully saturated rings. The van der Waals surface area contributed by atoms with Crippen molar-refractivity contribution in [3.63, 3.8) is 0 Å². The van der Waals surface area contributed by atoms with Gasteiger partial charge < -0.3 is 4.74 Å². The Bertz CT molecular complexity index is 548. The second-order valence-corrected chi connectivity index (χ2v) is 5.21. The van der Waals surface area contributed by atoms with E-state index in [9.17, 15) is 9.18 Å². The lowest BCUT2D eigenvalue weighted by Gasteiger charge is -1.97. The minimum Gasteiger partial charge on any atom is -0.465 e. The van der Waals surface area contributed by atoms with Crippen molar-refractivity contribution in [2.24, 2.45) is 0 Å². The highest BCUT2D eigenvalue weighted by atomic mass is 79.9. The van der Waals surface area contributed by atoms with E-state index in [0.717, 1.165) is 21.4 Å². The Morgan fingerprint density at radius 1 is 1.35 bits per heavy atom. The van der Waals surface area contributed by atoms with Gasteiger partial charge in [0.2, 0.25) is 0 Å². The van der Waals surface area contributed by atoms with Crippen LogP contribution < -0.4 is 0 Å². The maximum atomic E-state index is 13.7. The number of carbonyl (C=O) groups excluding carboxylic acids is 1. The summed E-state index contributed by atoms with van der Waals surface area (Å²) in [4.78, 5) is 11.5. The number of rotatable bonds is 2. The van der Waals surface area contributed by atoms with Crippen LogP contribution in [0, 0.1) is 5.13 Å². The highest BCUT2D eigenvalue weighted by Crippen LogP contribution is 2.31. The van der Waals surface area contributed by atoms with Crippen molar-refractivity contribution in [3.8, 4) is 11.1 Å². The predicted octanol–water partition coefficient (Wildman–Crippen LogP) is 4.10. The predicted molar refractivity (Wildman–Crippen MR) is 68.8 cm³/mol. The molecule has 2 nitrogen and oxygen atoms in total. The van der Waals surface area contributed by atoms with Crippen molar-refractivity contribution in [2.45, 2.75) is 0 Å². The molecule has 0 unspecified atom stereocenters. The fraction of sp³-hybridized carbons (Fsp3) is 0.0833. The summed E-state index contributed by atoms with van der Waals surface area (Å²) in [6.07, 6.45) is 0. The third-order valence-corrected chi connectivity index (χ3v) is 3.66. The van der Waals surface area contributed by atoms with E-state index in [2.05, 4.69) is 20.7 Å². The average Bonchev–Trinajstić information content (AvgIpc) is 2.71. The Labute approximate surface area is 110 Å². The summed E-state index contributed by atoms with van der Waals surface area (Å²) in [6.45, 7) is 0. The van der Waals surface area contributed by atoms with Crippen LogP contribution in [0.3, 0.4) is 0 Å². The second kappa shape index (κ2) is 4.98. The van der Waals surface area contributed by atoms with Crippen LogP contribution >= 0.6 is 27.3 Å². The fourth-order valence-corrected chi connectivity index (χ4v) is 2.48. The molecule has 0 N–H and O–H groups in total. The third-order valence-electron chi connectivity index (χ3n) is 2.23. The maximum absolute atomic E-state index is 13.7. The Hall–Kier alpha value is -1.20. The number of thiophene rings is 1. The van der Waals surface area contributed by atoms with Gasteiger partial charge in [0.05, 0.1) is 7.11 Å². The summed E-state index contributed by atoms with van der Waals surface area (Å²) in [6, 6.07) is 8.73. The van der Waals surface area contributed by atoms with Crippen LogP contribution in [0.5, 0.6) is 0 Å². The van der Waals surface area contributed by atoms with Gasteiger partial charge in [-0.05, 0) is 23.8 Å². The van der Waals surface area contributed by atoms with Crippen LogP contribution in [0.1, 0.15) is 9.67 Å². The van der Waals surface area contributed by atoms with E-state index in [1.54, 1.807) is 12.1 Å². The molecule has 1 heterocycles. The van der Waals surface area contributed by atoms with E-state index in [-0.39, 0.29) is 10.0 Å². The summed E-state index contributed by atoms with van der Waals surface area (Å²) in [7, 11) is 1.28. The highest BCUT2D eigenvalue weighted by molar-refractivity contribution is 9.10. The SMILES string of the molecule is COC(=O)c1cc(-c2ccc(Br)cc2)c(F)s1. The molecule has 17 heavy (non-hydrogen) atoms. The molecule has 0 spiro atoms. The van der Waals surface area contributed by atoms with Crippen LogP contribution in [-0.4, -0.2) is 13.1 Å². The summed E-state index contributed by atoms with van der Waals surface area (Å²) in [5.74, 6) is -0.516. The van der Waals surface area contributed by atoms with Crippen LogP contribution in [-0.2, 0) is 4.74 Å². The minimum atomic E-state index is -0.516. The summed E-state index contributed by atoms with van der Waals surface area (Å²) < 4.78 is 19.2. The summed E-state index contributed by atoms with van der Waals surface area (Å²) in [5.41, 5.74) is 1.15. The summed E-state index contributed by atoms with van der Waals surface area (Å²) in [5, 5.41) is -0.382. The number of methoxy groups -OCH3 is 1. The van der Waals surface area contributed by atoms with Gasteiger partial charge in [-0.25, -0.2) is 4.79 Å². The largest absolute Gasteiger partial charge is 0.465 e. The molecule has 5 heteroatoms. The van der Waals surface area contributed by atoms with Crippen molar-refractivity contribution in [2.75, 3.05) is 7.11 Å². The first-order valence-corrected chi connectivity index (χ1v) is 6.36. The van der Waals surface area contributed by atoms with Crippen molar-refractivity contribution in [1.29, 1.82) is 0 Å². The third kappa shape index (κ3) is 2.56. The molecule has 0 radical (unpaired) electrons. The van der Waals surface area contributed by atoms with Gasteiger partial charge >= 0.3 is 5.97 Å². The van der Waals surface area contributed by atoms with E-state index in [4.69, 9.17) is 0 Å². The Balaban J connectivity index is 2.42. The Kier molecular flexibility index (Phi) is 3.59. The number of carbonyl (C=O) groups is 1. The number of hydrogen-bond acceptors (Lipinski definition) is 3. The smallest absolute Gasteiger partial charge is 0.348 e. The van der Waals surface area contributed by atoms with Crippen LogP contribution in [0.25, 0.3) is 11.1 Å². The van der Waals surface area contributed by atoms with Crippen molar-refractivity contribution >= 4 is 33.2 Å². The van der Waals surface area contributed by atoms with Gasteiger partial charge in [-0.15, -0.1) is 0 Å². The highest BCUT2D eigenvalue weighted by Gasteiger charge is 2.15. The first kappa shape index (κ1) is 12.3. The summed E-state index contributed by atoms with van der Waals surface area (Å²) >= 11 is 4.10. The molecule has 2 aromatic rings. The monoisotopic (exact) mass is 314 g/mol. The van der Waals surface area contributed by atoms with E-state index < -0.39 is 5.97 Å². The van der Waals surface area contributed by atoms with Crippen LogP contribution in [0.15, 0.2) is 34.8 Å². The molecule has 88 valence electrons. The lowest BCUT2D eigenvalue weighted by Crippen LogP contribution is -1.96. The topological polar surface area (TPSA) is 26.3 Å². The van der Waals surface area contributed by atoms with Crippen molar-refractivity contribution < 1.29 is 13.9 Å². The van der Waals surface area contributed by atoms with E-state index in [0.29, 0.717) is 5.56 Å². The maximum Gasteiger partial charge on any atom is 0.348 e. The van der Waals surface area contributed by atoms with E-state index in [1.807, 2.05) is 12.1 Å². The van der Waals surface area contributed by atoms with Gasteiger partial charge in [0.1, 0.15) is 4.88 Å². The molecule has 0 atom stereocenters. The zero-order valence-electron chi connectivity index (χ0n) is 8.87. The van der Waals surface area contributed by atoms with Gasteiger partial charge in [0.25, 0.3) is 0 Å². The molecule has 0 amide bonds. The van der Waals surface area contributed by atoms with Crippen molar-refractivity contribution in [3.05, 3.63) is 44.8 Å². The first-order chi connectivity index (χ1) is 8.11. The van der Waals surface area contributed by atoms with E-state index in [1.165, 1.54) is 13.2 Å². The number of ether oxygens (including phenoxy) is 1. The quantitative estimate of drug-likeness (QED) is 0.780. The lowest BCUT2D eigenvalue weighted by atomic mass is 10.1. The van der Waals surface area contributed by atoms with E-state index >= 15 is 0 Å². The molecule has 1 aromatic carbocycles. The number of halogens is 2. The van der Waals surface area contributed by atoms with Crippen LogP contribution in [0.4, 0.5) is 4.39 Å². The molecular weight excluding hydrogens is 307 g/mol. The molecule has 0 aliphatic rings. The number of esters is 1. The lowest BCUT2D eigenvalue weighted by molar-refractivity contribution is 0.0606. The van der Waals surface area contributed by atoms with Gasteiger partial charge in [-0.3, -0.25) is 0 Å². The molecule has 0 bridgehead atoms. The van der Waals surface area contributed by atoms with Gasteiger partial charge in [0, 0.05) is 10.0 Å². The van der Waals surface area contributed by atoms with Gasteiger partial charge in [-0.2, -0.15) is 4.39 Å². The van der Waals surface area contributed by atoms with Gasteiger partial charge in [-0.1, -0.05) is 39.4 Å². The first-order valence-electron chi connectivity index (χ1n) is 4.75. The van der Waals surface area contributed by atoms with Crippen molar-refractivity contribution in [1.82, 2.24) is 0 Å². The zero-order valence-corrected chi connectivity index (χ0v) is 11.3. The van der Waals surface area contributed by atoms with Crippen LogP contribution in [0.2, 0.25) is 0 Å². The standard InChI is InChI=1S/C12H8BrFO2S/c1-16-12(15)10-6-9(11(14)17-10)7-2-4-8(13)5-3-7/h2-6H,1H3.